The van der Waals surface area contributed by atoms with Crippen LogP contribution in [0.25, 0.3) is 11.4 Å². The summed E-state index contributed by atoms with van der Waals surface area (Å²) in [5, 5.41) is 10.7. The molecule has 0 radical (unpaired) electrons. The first-order valence-electron chi connectivity index (χ1n) is 5.59. The van der Waals surface area contributed by atoms with Crippen molar-refractivity contribution in [1.82, 2.24) is 14.8 Å². The maximum Gasteiger partial charge on any atom is 0.248 e. The molecule has 1 N–H and O–H groups in total. The number of anilines is 1. The number of carbonyl (C=O) groups excluding carboxylic acids is 1. The zero-order chi connectivity index (χ0) is 13.0. The second-order valence-corrected chi connectivity index (χ2v) is 3.80. The summed E-state index contributed by atoms with van der Waals surface area (Å²) in [6, 6.07) is 7.50. The van der Waals surface area contributed by atoms with Crippen molar-refractivity contribution >= 4 is 11.6 Å². The van der Waals surface area contributed by atoms with Crippen LogP contribution in [0.4, 0.5) is 5.69 Å². The quantitative estimate of drug-likeness (QED) is 0.837. The molecule has 5 nitrogen and oxygen atoms in total. The minimum Gasteiger partial charge on any atom is -0.322 e. The molecule has 2 rings (SSSR count). The smallest absolute Gasteiger partial charge is 0.248 e. The number of benzene rings is 1. The highest BCUT2D eigenvalue weighted by atomic mass is 16.1. The largest absolute Gasteiger partial charge is 0.322 e. The van der Waals surface area contributed by atoms with E-state index in [0.29, 0.717) is 5.82 Å². The summed E-state index contributed by atoms with van der Waals surface area (Å²) in [4.78, 5) is 11.6. The molecule has 5 heteroatoms. The van der Waals surface area contributed by atoms with Crippen LogP contribution in [-0.4, -0.2) is 20.7 Å². The van der Waals surface area contributed by atoms with Gasteiger partial charge in [0.05, 0.1) is 5.69 Å². The maximum absolute atomic E-state index is 11.6. The Morgan fingerprint density at radius 3 is 2.83 bits per heavy atom. The molecule has 0 fully saturated rings. The second-order valence-electron chi connectivity index (χ2n) is 3.80. The van der Waals surface area contributed by atoms with Crippen molar-refractivity contribution in [1.29, 1.82) is 0 Å². The highest BCUT2D eigenvalue weighted by molar-refractivity contribution is 6.01. The summed E-state index contributed by atoms with van der Waals surface area (Å²) < 4.78 is 1.81. The molecule has 1 amide bonds. The summed E-state index contributed by atoms with van der Waals surface area (Å²) in [7, 11) is 1.86. The van der Waals surface area contributed by atoms with Gasteiger partial charge in [-0.05, 0) is 25.1 Å². The van der Waals surface area contributed by atoms with Gasteiger partial charge in [-0.3, -0.25) is 4.79 Å². The van der Waals surface area contributed by atoms with Crippen LogP contribution in [0.15, 0.2) is 42.7 Å². The van der Waals surface area contributed by atoms with Crippen molar-refractivity contribution in [3.05, 3.63) is 42.7 Å². The minimum absolute atomic E-state index is 0.160. The Balaban J connectivity index is 2.38. The van der Waals surface area contributed by atoms with E-state index in [1.165, 1.54) is 6.08 Å². The Morgan fingerprint density at radius 1 is 1.39 bits per heavy atom. The fourth-order valence-electron chi connectivity index (χ4n) is 1.64. The summed E-state index contributed by atoms with van der Waals surface area (Å²) in [6.45, 7) is 1.80. The predicted molar refractivity (Wildman–Crippen MR) is 69.9 cm³/mol. The van der Waals surface area contributed by atoms with Crippen LogP contribution in [0.1, 0.15) is 6.92 Å². The van der Waals surface area contributed by atoms with Gasteiger partial charge < -0.3 is 9.88 Å². The van der Waals surface area contributed by atoms with Crippen molar-refractivity contribution in [3.63, 3.8) is 0 Å². The SMILES string of the molecule is CC=CC(=O)Nc1ccccc1-c1nncn1C. The molecule has 0 bridgehead atoms. The zero-order valence-corrected chi connectivity index (χ0v) is 10.3. The van der Waals surface area contributed by atoms with E-state index in [4.69, 9.17) is 0 Å². The van der Waals surface area contributed by atoms with Gasteiger partial charge in [-0.15, -0.1) is 10.2 Å². The van der Waals surface area contributed by atoms with Gasteiger partial charge in [-0.1, -0.05) is 18.2 Å². The lowest BCUT2D eigenvalue weighted by atomic mass is 10.1. The molecule has 92 valence electrons. The van der Waals surface area contributed by atoms with Crippen molar-refractivity contribution in [3.8, 4) is 11.4 Å². The van der Waals surface area contributed by atoms with Crippen LogP contribution in [0, 0.1) is 0 Å². The number of aromatic nitrogens is 3. The van der Waals surface area contributed by atoms with E-state index >= 15 is 0 Å². The van der Waals surface area contributed by atoms with Gasteiger partial charge in [-0.25, -0.2) is 0 Å². The van der Waals surface area contributed by atoms with E-state index in [1.807, 2.05) is 31.3 Å². The number of rotatable bonds is 3. The van der Waals surface area contributed by atoms with Crippen LogP contribution >= 0.6 is 0 Å². The summed E-state index contributed by atoms with van der Waals surface area (Å²) in [5.41, 5.74) is 1.56. The molecule has 0 aliphatic heterocycles. The van der Waals surface area contributed by atoms with Crippen molar-refractivity contribution < 1.29 is 4.79 Å². The summed E-state index contributed by atoms with van der Waals surface area (Å²) >= 11 is 0. The Bertz CT molecular complexity index is 586. The average molecular weight is 242 g/mol. The molecule has 0 saturated heterocycles. The summed E-state index contributed by atoms with van der Waals surface area (Å²) in [6.07, 6.45) is 4.80. The molecule has 1 aromatic heterocycles. The lowest BCUT2D eigenvalue weighted by Gasteiger charge is -2.08. The molecule has 0 saturated carbocycles. The lowest BCUT2D eigenvalue weighted by Crippen LogP contribution is -2.09. The van der Waals surface area contributed by atoms with Crippen LogP contribution in [-0.2, 0) is 11.8 Å². The molecule has 2 aromatic rings. The lowest BCUT2D eigenvalue weighted by molar-refractivity contribution is -0.111. The molecule has 0 aliphatic carbocycles. The standard InChI is InChI=1S/C13H14N4O/c1-3-6-12(18)15-11-8-5-4-7-10(11)13-16-14-9-17(13)2/h3-9H,1-2H3,(H,15,18). The first-order valence-corrected chi connectivity index (χ1v) is 5.59. The van der Waals surface area contributed by atoms with Crippen molar-refractivity contribution in [2.75, 3.05) is 5.32 Å². The first-order chi connectivity index (χ1) is 8.72. The normalized spacial score (nSPS) is 10.8. The Hall–Kier alpha value is -2.43. The molecule has 18 heavy (non-hydrogen) atoms. The highest BCUT2D eigenvalue weighted by Crippen LogP contribution is 2.25. The molecule has 0 aliphatic rings. The highest BCUT2D eigenvalue weighted by Gasteiger charge is 2.10. The number of carbonyl (C=O) groups is 1. The van der Waals surface area contributed by atoms with Gasteiger partial charge in [0.25, 0.3) is 0 Å². The third kappa shape index (κ3) is 2.45. The Labute approximate surface area is 105 Å². The zero-order valence-electron chi connectivity index (χ0n) is 10.3. The molecular formula is C13H14N4O. The van der Waals surface area contributed by atoms with E-state index in [0.717, 1.165) is 11.3 Å². The van der Waals surface area contributed by atoms with E-state index in [2.05, 4.69) is 15.5 Å². The van der Waals surface area contributed by atoms with Gasteiger partial charge >= 0.3 is 0 Å². The van der Waals surface area contributed by atoms with E-state index < -0.39 is 0 Å². The molecule has 0 atom stereocenters. The van der Waals surface area contributed by atoms with E-state index in [9.17, 15) is 4.79 Å². The van der Waals surface area contributed by atoms with E-state index in [1.54, 1.807) is 23.9 Å². The number of hydrogen-bond acceptors (Lipinski definition) is 3. The number of amides is 1. The van der Waals surface area contributed by atoms with Crippen molar-refractivity contribution in [2.24, 2.45) is 7.05 Å². The van der Waals surface area contributed by atoms with Gasteiger partial charge in [0.1, 0.15) is 6.33 Å². The molecule has 1 heterocycles. The van der Waals surface area contributed by atoms with Crippen LogP contribution in [0.5, 0.6) is 0 Å². The fourth-order valence-corrected chi connectivity index (χ4v) is 1.64. The van der Waals surface area contributed by atoms with Gasteiger partial charge in [0, 0.05) is 12.6 Å². The Kier molecular flexibility index (Phi) is 3.52. The molecular weight excluding hydrogens is 228 g/mol. The fraction of sp³-hybridized carbons (Fsp3) is 0.154. The molecule has 0 unspecified atom stereocenters. The first kappa shape index (κ1) is 12.0. The van der Waals surface area contributed by atoms with Gasteiger partial charge in [0.15, 0.2) is 5.82 Å². The number of nitrogens with one attached hydrogen (secondary N) is 1. The van der Waals surface area contributed by atoms with Crippen LogP contribution in [0.2, 0.25) is 0 Å². The number of allylic oxidation sites excluding steroid dienone is 1. The van der Waals surface area contributed by atoms with Crippen LogP contribution < -0.4 is 5.32 Å². The van der Waals surface area contributed by atoms with Crippen molar-refractivity contribution in [2.45, 2.75) is 6.92 Å². The molecule has 0 spiro atoms. The minimum atomic E-state index is -0.160. The van der Waals surface area contributed by atoms with Crippen LogP contribution in [0.3, 0.4) is 0 Å². The second kappa shape index (κ2) is 5.27. The maximum atomic E-state index is 11.6. The summed E-state index contributed by atoms with van der Waals surface area (Å²) in [5.74, 6) is 0.554. The molecule has 1 aromatic carbocycles. The van der Waals surface area contributed by atoms with Gasteiger partial charge in [0.2, 0.25) is 5.91 Å². The third-order valence-electron chi connectivity index (χ3n) is 2.46. The number of aryl methyl sites for hydroxylation is 1. The van der Waals surface area contributed by atoms with E-state index in [-0.39, 0.29) is 5.91 Å². The number of nitrogens with zero attached hydrogens (tertiary/aromatic N) is 3. The monoisotopic (exact) mass is 242 g/mol. The Morgan fingerprint density at radius 2 is 2.17 bits per heavy atom. The average Bonchev–Trinajstić information content (AvgIpc) is 2.76. The number of hydrogen-bond donors (Lipinski definition) is 1. The predicted octanol–water partition coefficient (Wildman–Crippen LogP) is 2.00. The van der Waals surface area contributed by atoms with Gasteiger partial charge in [-0.2, -0.15) is 0 Å². The third-order valence-corrected chi connectivity index (χ3v) is 2.46. The topological polar surface area (TPSA) is 59.8 Å². The number of para-hydroxylation sites is 1.